The predicted molar refractivity (Wildman–Crippen MR) is 105 cm³/mol. The Labute approximate surface area is 164 Å². The number of sulfonamides is 1. The molecule has 2 rings (SSSR count). The summed E-state index contributed by atoms with van der Waals surface area (Å²) in [6.45, 7) is 0.0985. The maximum atomic E-state index is 12.3. The van der Waals surface area contributed by atoms with Crippen LogP contribution in [0.2, 0.25) is 0 Å². The molecule has 0 fully saturated rings. The molecule has 0 saturated carbocycles. The minimum Gasteiger partial charge on any atom is -0.497 e. The Hall–Kier alpha value is -2.78. The Kier molecular flexibility index (Phi) is 7.65. The van der Waals surface area contributed by atoms with E-state index in [-0.39, 0.29) is 18.8 Å². The lowest BCUT2D eigenvalue weighted by Gasteiger charge is -2.11. The van der Waals surface area contributed by atoms with Crippen LogP contribution in [-0.4, -0.2) is 48.0 Å². The van der Waals surface area contributed by atoms with Gasteiger partial charge in [-0.2, -0.15) is 0 Å². The first-order chi connectivity index (χ1) is 13.4. The van der Waals surface area contributed by atoms with E-state index < -0.39 is 15.9 Å². The van der Waals surface area contributed by atoms with Crippen LogP contribution in [0.1, 0.15) is 15.9 Å². The number of carbonyl (C=O) groups is 1. The Morgan fingerprint density at radius 3 is 2.36 bits per heavy atom. The molecule has 2 N–H and O–H groups in total. The average molecular weight is 408 g/mol. The van der Waals surface area contributed by atoms with E-state index in [0.717, 1.165) is 5.56 Å². The van der Waals surface area contributed by atoms with Crippen LogP contribution in [0.15, 0.2) is 42.5 Å². The van der Waals surface area contributed by atoms with Gasteiger partial charge in [0.25, 0.3) is 5.91 Å². The van der Waals surface area contributed by atoms with Gasteiger partial charge in [0.2, 0.25) is 10.0 Å². The molecule has 2 aromatic carbocycles. The summed E-state index contributed by atoms with van der Waals surface area (Å²) in [5, 5.41) is 2.58. The lowest BCUT2D eigenvalue weighted by molar-refractivity contribution is 0.0953. The van der Waals surface area contributed by atoms with Gasteiger partial charge in [-0.25, -0.2) is 13.1 Å². The molecule has 28 heavy (non-hydrogen) atoms. The number of benzene rings is 2. The molecule has 152 valence electrons. The molecule has 8 nitrogen and oxygen atoms in total. The summed E-state index contributed by atoms with van der Waals surface area (Å²) in [5.74, 6) is 0.870. The van der Waals surface area contributed by atoms with E-state index in [2.05, 4.69) is 10.0 Å². The Bertz CT molecular complexity index is 914. The van der Waals surface area contributed by atoms with Crippen LogP contribution in [0.5, 0.6) is 17.2 Å². The maximum Gasteiger partial charge on any atom is 0.255 e. The Morgan fingerprint density at radius 2 is 1.68 bits per heavy atom. The molecular formula is C19H24N2O6S. The molecule has 0 aromatic heterocycles. The highest BCUT2D eigenvalue weighted by Crippen LogP contribution is 2.24. The molecule has 0 aliphatic rings. The second-order valence-electron chi connectivity index (χ2n) is 5.81. The maximum absolute atomic E-state index is 12.3. The van der Waals surface area contributed by atoms with Gasteiger partial charge in [0, 0.05) is 19.2 Å². The topological polar surface area (TPSA) is 103 Å². The smallest absolute Gasteiger partial charge is 0.255 e. The van der Waals surface area contributed by atoms with Crippen molar-refractivity contribution in [1.82, 2.24) is 10.0 Å². The summed E-state index contributed by atoms with van der Waals surface area (Å²) in [6, 6.07) is 11.9. The number of carbonyl (C=O) groups excluding carboxylic acids is 1. The highest BCUT2D eigenvalue weighted by Gasteiger charge is 2.15. The normalized spacial score (nSPS) is 11.0. The average Bonchev–Trinajstić information content (AvgIpc) is 2.71. The molecule has 0 heterocycles. The first-order valence-electron chi connectivity index (χ1n) is 8.49. The van der Waals surface area contributed by atoms with Gasteiger partial charge in [-0.05, 0) is 29.8 Å². The molecule has 0 spiro atoms. The van der Waals surface area contributed by atoms with Crippen LogP contribution in [0, 0.1) is 0 Å². The van der Waals surface area contributed by atoms with Crippen LogP contribution in [0.3, 0.4) is 0 Å². The van der Waals surface area contributed by atoms with Crippen LogP contribution in [-0.2, 0) is 16.6 Å². The zero-order valence-corrected chi connectivity index (χ0v) is 16.8. The van der Waals surface area contributed by atoms with E-state index in [1.807, 2.05) is 0 Å². The van der Waals surface area contributed by atoms with Crippen molar-refractivity contribution < 1.29 is 27.4 Å². The minimum atomic E-state index is -3.56. The van der Waals surface area contributed by atoms with E-state index in [1.54, 1.807) is 49.6 Å². The highest BCUT2D eigenvalue weighted by atomic mass is 32.2. The van der Waals surface area contributed by atoms with E-state index in [9.17, 15) is 13.2 Å². The van der Waals surface area contributed by atoms with Crippen molar-refractivity contribution in [2.75, 3.05) is 33.6 Å². The molecule has 0 bridgehead atoms. The molecule has 0 unspecified atom stereocenters. The lowest BCUT2D eigenvalue weighted by Crippen LogP contribution is -2.34. The van der Waals surface area contributed by atoms with Crippen molar-refractivity contribution in [3.05, 3.63) is 53.6 Å². The van der Waals surface area contributed by atoms with Crippen LogP contribution in [0.25, 0.3) is 0 Å². The van der Waals surface area contributed by atoms with Gasteiger partial charge in [0.1, 0.15) is 17.2 Å². The quantitative estimate of drug-likeness (QED) is 0.619. The third-order valence-corrected chi connectivity index (χ3v) is 5.27. The summed E-state index contributed by atoms with van der Waals surface area (Å²) in [7, 11) is 0.940. The predicted octanol–water partition coefficient (Wildman–Crippen LogP) is 1.56. The highest BCUT2D eigenvalue weighted by molar-refractivity contribution is 7.89. The molecular weight excluding hydrogens is 384 g/mol. The zero-order valence-electron chi connectivity index (χ0n) is 16.0. The van der Waals surface area contributed by atoms with E-state index >= 15 is 0 Å². The third-order valence-electron chi connectivity index (χ3n) is 3.94. The molecule has 0 aliphatic heterocycles. The molecule has 0 atom stereocenters. The first kappa shape index (κ1) is 21.5. The van der Waals surface area contributed by atoms with Crippen molar-refractivity contribution in [2.45, 2.75) is 6.54 Å². The monoisotopic (exact) mass is 408 g/mol. The van der Waals surface area contributed by atoms with Crippen molar-refractivity contribution >= 4 is 15.9 Å². The first-order valence-corrected chi connectivity index (χ1v) is 10.1. The van der Waals surface area contributed by atoms with E-state index in [4.69, 9.17) is 14.2 Å². The minimum absolute atomic E-state index is 0.0402. The van der Waals surface area contributed by atoms with Gasteiger partial charge in [-0.1, -0.05) is 12.1 Å². The Morgan fingerprint density at radius 1 is 0.964 bits per heavy atom. The van der Waals surface area contributed by atoms with Gasteiger partial charge >= 0.3 is 0 Å². The summed E-state index contributed by atoms with van der Waals surface area (Å²) in [4.78, 5) is 12.3. The fourth-order valence-corrected chi connectivity index (χ4v) is 3.33. The van der Waals surface area contributed by atoms with Crippen LogP contribution >= 0.6 is 0 Å². The third kappa shape index (κ3) is 6.14. The van der Waals surface area contributed by atoms with Crippen LogP contribution < -0.4 is 24.2 Å². The van der Waals surface area contributed by atoms with Crippen molar-refractivity contribution in [1.29, 1.82) is 0 Å². The number of hydrogen-bond donors (Lipinski definition) is 2. The van der Waals surface area contributed by atoms with E-state index in [1.165, 1.54) is 14.2 Å². The van der Waals surface area contributed by atoms with Gasteiger partial charge in [-0.3, -0.25) is 4.79 Å². The fraction of sp³-hybridized carbons (Fsp3) is 0.316. The van der Waals surface area contributed by atoms with Crippen molar-refractivity contribution in [2.24, 2.45) is 0 Å². The largest absolute Gasteiger partial charge is 0.497 e. The van der Waals surface area contributed by atoms with Crippen molar-refractivity contribution in [3.63, 3.8) is 0 Å². The number of amides is 1. The lowest BCUT2D eigenvalue weighted by atomic mass is 10.2. The molecule has 2 aromatic rings. The SMILES string of the molecule is COc1cccc(CNS(=O)(=O)CCNC(=O)c2ccc(OC)cc2OC)c1. The number of ether oxygens (including phenoxy) is 3. The molecule has 0 saturated heterocycles. The second-order valence-corrected chi connectivity index (χ2v) is 7.74. The van der Waals surface area contributed by atoms with Gasteiger partial charge in [0.05, 0.1) is 32.6 Å². The van der Waals surface area contributed by atoms with Gasteiger partial charge in [-0.15, -0.1) is 0 Å². The molecule has 1 amide bonds. The second kappa shape index (κ2) is 9.95. The number of nitrogens with one attached hydrogen (secondary N) is 2. The summed E-state index contributed by atoms with van der Waals surface area (Å²) < 4.78 is 42.2. The molecule has 0 aliphatic carbocycles. The number of methoxy groups -OCH3 is 3. The standard InChI is InChI=1S/C19H24N2O6S/c1-25-15-6-4-5-14(11-15)13-21-28(23,24)10-9-20-19(22)17-8-7-16(26-2)12-18(17)27-3/h4-8,11-12,21H,9-10,13H2,1-3H3,(H,20,22). The van der Waals surface area contributed by atoms with Gasteiger partial charge in [0.15, 0.2) is 0 Å². The summed E-state index contributed by atoms with van der Waals surface area (Å²) in [5.41, 5.74) is 1.07. The zero-order chi connectivity index (χ0) is 20.6. The van der Waals surface area contributed by atoms with Crippen LogP contribution in [0.4, 0.5) is 0 Å². The number of hydrogen-bond acceptors (Lipinski definition) is 6. The van der Waals surface area contributed by atoms with Crippen molar-refractivity contribution in [3.8, 4) is 17.2 Å². The molecule has 0 radical (unpaired) electrons. The molecule has 9 heteroatoms. The number of rotatable bonds is 10. The van der Waals surface area contributed by atoms with E-state index in [0.29, 0.717) is 22.8 Å². The Balaban J connectivity index is 1.88. The summed E-state index contributed by atoms with van der Waals surface area (Å²) in [6.07, 6.45) is 0. The fourth-order valence-electron chi connectivity index (χ4n) is 2.43. The summed E-state index contributed by atoms with van der Waals surface area (Å²) >= 11 is 0. The van der Waals surface area contributed by atoms with Gasteiger partial charge < -0.3 is 19.5 Å².